The van der Waals surface area contributed by atoms with Crippen LogP contribution in [0.4, 0.5) is 0 Å². The van der Waals surface area contributed by atoms with Gasteiger partial charge in [-0.15, -0.1) is 0 Å². The minimum atomic E-state index is -1.05. The van der Waals surface area contributed by atoms with Crippen LogP contribution >= 0.6 is 0 Å². The van der Waals surface area contributed by atoms with Gasteiger partial charge in [0.1, 0.15) is 6.61 Å². The number of oxazole rings is 1. The largest absolute Gasteiger partial charge is 0.475 e. The normalized spacial score (nSPS) is 15.3. The average Bonchev–Trinajstić information content (AvgIpc) is 3.00. The number of carboxylic acids is 1. The Bertz CT molecular complexity index is 381. The first kappa shape index (κ1) is 11.1. The molecular weight excluding hydrogens is 210 g/mol. The summed E-state index contributed by atoms with van der Waals surface area (Å²) in [6.07, 6.45) is 2.92. The highest BCUT2D eigenvalue weighted by atomic mass is 16.5. The number of aromatic carboxylic acids is 1. The third-order valence-electron chi connectivity index (χ3n) is 2.43. The molecule has 1 aliphatic rings. The van der Waals surface area contributed by atoms with Crippen LogP contribution in [0.3, 0.4) is 0 Å². The highest BCUT2D eigenvalue weighted by molar-refractivity contribution is 5.85. The lowest BCUT2D eigenvalue weighted by Crippen LogP contribution is -1.98. The lowest BCUT2D eigenvalue weighted by molar-refractivity contribution is 0.0644. The smallest absolute Gasteiger partial charge is 0.373 e. The van der Waals surface area contributed by atoms with Gasteiger partial charge in [0, 0.05) is 12.5 Å². The summed E-state index contributed by atoms with van der Waals surface area (Å²) in [5.41, 5.74) is 0.586. The van der Waals surface area contributed by atoms with E-state index in [1.807, 2.05) is 6.92 Å². The molecule has 0 amide bonds. The van der Waals surface area contributed by atoms with Crippen molar-refractivity contribution in [2.45, 2.75) is 38.7 Å². The Hall–Kier alpha value is -1.36. The van der Waals surface area contributed by atoms with E-state index < -0.39 is 5.97 Å². The molecule has 1 aliphatic carbocycles. The van der Waals surface area contributed by atoms with E-state index in [1.54, 1.807) is 0 Å². The molecule has 0 radical (unpaired) electrons. The molecule has 1 fully saturated rings. The predicted molar refractivity (Wildman–Crippen MR) is 55.4 cm³/mol. The summed E-state index contributed by atoms with van der Waals surface area (Å²) < 4.78 is 10.5. The van der Waals surface area contributed by atoms with E-state index in [2.05, 4.69) is 4.98 Å². The summed E-state index contributed by atoms with van der Waals surface area (Å²) in [4.78, 5) is 15.1. The Morgan fingerprint density at radius 3 is 2.94 bits per heavy atom. The first-order chi connectivity index (χ1) is 7.72. The van der Waals surface area contributed by atoms with Crippen molar-refractivity contribution in [3.63, 3.8) is 0 Å². The van der Waals surface area contributed by atoms with Crippen LogP contribution in [0, 0.1) is 0 Å². The summed E-state index contributed by atoms with van der Waals surface area (Å²) >= 11 is 0. The summed E-state index contributed by atoms with van der Waals surface area (Å²) in [5.74, 6) is -0.420. The maximum absolute atomic E-state index is 10.9. The Morgan fingerprint density at radius 1 is 1.62 bits per heavy atom. The lowest BCUT2D eigenvalue weighted by Gasteiger charge is -1.96. The molecule has 1 saturated carbocycles. The van der Waals surface area contributed by atoms with Gasteiger partial charge >= 0.3 is 5.97 Å². The monoisotopic (exact) mass is 225 g/mol. The highest BCUT2D eigenvalue weighted by Gasteiger charge is 2.33. The molecule has 0 atom stereocenters. The molecule has 0 aliphatic heterocycles. The van der Waals surface area contributed by atoms with Gasteiger partial charge in [0.15, 0.2) is 0 Å². The van der Waals surface area contributed by atoms with Crippen molar-refractivity contribution >= 4 is 5.97 Å². The number of hydrogen-bond donors (Lipinski definition) is 1. The van der Waals surface area contributed by atoms with E-state index in [0.29, 0.717) is 18.2 Å². The molecule has 5 nitrogen and oxygen atoms in total. The Labute approximate surface area is 93.4 Å². The fourth-order valence-electron chi connectivity index (χ4n) is 1.53. The van der Waals surface area contributed by atoms with Crippen LogP contribution in [0.2, 0.25) is 0 Å². The van der Waals surface area contributed by atoms with Crippen molar-refractivity contribution in [2.24, 2.45) is 0 Å². The van der Waals surface area contributed by atoms with Crippen LogP contribution in [0.1, 0.15) is 54.2 Å². The maximum atomic E-state index is 10.9. The van der Waals surface area contributed by atoms with E-state index in [9.17, 15) is 4.79 Å². The van der Waals surface area contributed by atoms with E-state index in [1.165, 1.54) is 0 Å². The molecule has 0 saturated heterocycles. The molecule has 88 valence electrons. The second-order valence-electron chi connectivity index (χ2n) is 3.95. The first-order valence-electron chi connectivity index (χ1n) is 5.53. The van der Waals surface area contributed by atoms with Crippen molar-refractivity contribution in [1.82, 2.24) is 4.98 Å². The molecule has 1 heterocycles. The SMILES string of the molecule is CCCOCc1nc(C2CC2)c(C(=O)O)o1. The predicted octanol–water partition coefficient (Wildman–Crippen LogP) is 2.18. The van der Waals surface area contributed by atoms with Gasteiger partial charge < -0.3 is 14.3 Å². The molecule has 16 heavy (non-hydrogen) atoms. The zero-order valence-electron chi connectivity index (χ0n) is 9.23. The van der Waals surface area contributed by atoms with Crippen LogP contribution in [-0.2, 0) is 11.3 Å². The second-order valence-corrected chi connectivity index (χ2v) is 3.95. The summed E-state index contributed by atoms with van der Waals surface area (Å²) in [7, 11) is 0. The second kappa shape index (κ2) is 4.65. The van der Waals surface area contributed by atoms with Gasteiger partial charge in [-0.2, -0.15) is 0 Å². The third-order valence-corrected chi connectivity index (χ3v) is 2.43. The van der Waals surface area contributed by atoms with Crippen LogP contribution in [0.15, 0.2) is 4.42 Å². The zero-order chi connectivity index (χ0) is 11.5. The molecule has 2 rings (SSSR count). The number of hydrogen-bond acceptors (Lipinski definition) is 4. The van der Waals surface area contributed by atoms with Crippen LogP contribution in [0.5, 0.6) is 0 Å². The number of rotatable bonds is 6. The fourth-order valence-corrected chi connectivity index (χ4v) is 1.53. The molecule has 5 heteroatoms. The molecule has 0 unspecified atom stereocenters. The van der Waals surface area contributed by atoms with E-state index in [0.717, 1.165) is 19.3 Å². The van der Waals surface area contributed by atoms with E-state index >= 15 is 0 Å². The van der Waals surface area contributed by atoms with Crippen molar-refractivity contribution in [1.29, 1.82) is 0 Å². The number of aromatic nitrogens is 1. The quantitative estimate of drug-likeness (QED) is 0.751. The molecular formula is C11H15NO4. The van der Waals surface area contributed by atoms with Gasteiger partial charge in [0.25, 0.3) is 0 Å². The minimum Gasteiger partial charge on any atom is -0.475 e. The zero-order valence-corrected chi connectivity index (χ0v) is 9.23. The summed E-state index contributed by atoms with van der Waals surface area (Å²) in [6, 6.07) is 0. The van der Waals surface area contributed by atoms with Gasteiger partial charge in [-0.1, -0.05) is 6.92 Å². The van der Waals surface area contributed by atoms with Crippen LogP contribution in [0.25, 0.3) is 0 Å². The standard InChI is InChI=1S/C11H15NO4/c1-2-5-15-6-8-12-9(7-3-4-7)10(16-8)11(13)14/h7H,2-6H2,1H3,(H,13,14). The molecule has 1 aromatic heterocycles. The molecule has 1 aromatic rings. The molecule has 0 bridgehead atoms. The number of carbonyl (C=O) groups is 1. The van der Waals surface area contributed by atoms with Crippen molar-refractivity contribution in [3.05, 3.63) is 17.3 Å². The number of carboxylic acid groups (broad SMARTS) is 1. The molecule has 0 aromatic carbocycles. The van der Waals surface area contributed by atoms with Crippen molar-refractivity contribution in [3.8, 4) is 0 Å². The number of ether oxygens (including phenoxy) is 1. The highest BCUT2D eigenvalue weighted by Crippen LogP contribution is 2.41. The van der Waals surface area contributed by atoms with Crippen molar-refractivity contribution in [2.75, 3.05) is 6.61 Å². The summed E-state index contributed by atoms with van der Waals surface area (Å²) in [6.45, 7) is 2.89. The number of nitrogens with zero attached hydrogens (tertiary/aromatic N) is 1. The van der Waals surface area contributed by atoms with E-state index in [4.69, 9.17) is 14.3 Å². The van der Waals surface area contributed by atoms with Crippen molar-refractivity contribution < 1.29 is 19.1 Å². The Morgan fingerprint density at radius 2 is 2.38 bits per heavy atom. The maximum Gasteiger partial charge on any atom is 0.373 e. The average molecular weight is 225 g/mol. The van der Waals surface area contributed by atoms with Gasteiger partial charge in [0.05, 0.1) is 5.69 Å². The molecule has 0 spiro atoms. The first-order valence-corrected chi connectivity index (χ1v) is 5.53. The Kier molecular flexibility index (Phi) is 3.24. The lowest BCUT2D eigenvalue weighted by atomic mass is 10.2. The minimum absolute atomic E-state index is 0.0161. The topological polar surface area (TPSA) is 72.6 Å². The summed E-state index contributed by atoms with van der Waals surface area (Å²) in [5, 5.41) is 8.95. The van der Waals surface area contributed by atoms with Crippen LogP contribution < -0.4 is 0 Å². The third kappa shape index (κ3) is 2.41. The fraction of sp³-hybridized carbons (Fsp3) is 0.636. The van der Waals surface area contributed by atoms with Gasteiger partial charge in [-0.05, 0) is 19.3 Å². The van der Waals surface area contributed by atoms with Gasteiger partial charge in [-0.25, -0.2) is 9.78 Å². The Balaban J connectivity index is 2.08. The van der Waals surface area contributed by atoms with Crippen LogP contribution in [-0.4, -0.2) is 22.7 Å². The molecule has 1 N–H and O–H groups in total. The van der Waals surface area contributed by atoms with E-state index in [-0.39, 0.29) is 18.3 Å². The van der Waals surface area contributed by atoms with Gasteiger partial charge in [-0.3, -0.25) is 0 Å². The van der Waals surface area contributed by atoms with Gasteiger partial charge in [0.2, 0.25) is 11.7 Å².